The van der Waals surface area contributed by atoms with Crippen molar-refractivity contribution in [2.75, 3.05) is 0 Å². The summed E-state index contributed by atoms with van der Waals surface area (Å²) in [5, 5.41) is 13.3. The zero-order valence-corrected chi connectivity index (χ0v) is 10.8. The molecular formula is C15H15F2N3O2. The topological polar surface area (TPSA) is 70.9 Å². The van der Waals surface area contributed by atoms with Gasteiger partial charge >= 0.3 is 5.97 Å². The van der Waals surface area contributed by atoms with Gasteiger partial charge in [-0.05, 0) is 6.07 Å². The Morgan fingerprint density at radius 1 is 1.32 bits per heavy atom. The molecule has 1 aromatic carbocycles. The highest BCUT2D eigenvalue weighted by Crippen LogP contribution is 2.29. The molecule has 0 saturated carbocycles. The van der Waals surface area contributed by atoms with Crippen molar-refractivity contribution in [3.8, 4) is 11.1 Å². The molecule has 0 unspecified atom stereocenters. The van der Waals surface area contributed by atoms with E-state index in [0.29, 0.717) is 22.0 Å². The first-order valence-corrected chi connectivity index (χ1v) is 6.25. The lowest BCUT2D eigenvalue weighted by Crippen LogP contribution is -2.04. The van der Waals surface area contributed by atoms with E-state index in [9.17, 15) is 13.6 Å². The van der Waals surface area contributed by atoms with Crippen LogP contribution in [-0.2, 0) is 11.3 Å². The lowest BCUT2D eigenvalue weighted by Gasteiger charge is -1.98. The zero-order valence-electron chi connectivity index (χ0n) is 10.8. The number of aliphatic carboxylic acids is 1. The summed E-state index contributed by atoms with van der Waals surface area (Å²) in [5.74, 6) is -2.73. The van der Waals surface area contributed by atoms with E-state index in [1.165, 1.54) is 4.68 Å². The molecule has 0 spiro atoms. The molecule has 0 fully saturated rings. The van der Waals surface area contributed by atoms with Crippen LogP contribution in [-0.4, -0.2) is 25.8 Å². The van der Waals surface area contributed by atoms with Gasteiger partial charge in [0.05, 0.1) is 19.2 Å². The largest absolute Gasteiger partial charge is 0.481 e. The number of carboxylic acid groups (broad SMARTS) is 1. The standard InChI is InChI=1S/C14H11F2N3O2.CH4/c15-11-3-9-10(6-17-13(9)4-12(11)16)8-5-18-19(7-8)2-1-14(20)21;/h3-7,17H,1-2H2,(H,20,21);1H4. The SMILES string of the molecule is C.O=C(O)CCn1cc(-c2c[nH]c3cc(F)c(F)cc23)cn1. The molecule has 7 heteroatoms. The number of nitrogens with one attached hydrogen (secondary N) is 1. The molecule has 0 atom stereocenters. The van der Waals surface area contributed by atoms with Gasteiger partial charge in [-0.2, -0.15) is 5.10 Å². The van der Waals surface area contributed by atoms with E-state index in [4.69, 9.17) is 5.11 Å². The number of hydrogen-bond acceptors (Lipinski definition) is 2. The van der Waals surface area contributed by atoms with Gasteiger partial charge < -0.3 is 10.1 Å². The highest BCUT2D eigenvalue weighted by Gasteiger charge is 2.12. The lowest BCUT2D eigenvalue weighted by molar-refractivity contribution is -0.137. The molecule has 3 aromatic rings. The first-order valence-electron chi connectivity index (χ1n) is 6.25. The summed E-state index contributed by atoms with van der Waals surface area (Å²) in [6.07, 6.45) is 4.84. The Kier molecular flexibility index (Phi) is 4.25. The summed E-state index contributed by atoms with van der Waals surface area (Å²) in [7, 11) is 0. The van der Waals surface area contributed by atoms with Crippen LogP contribution in [0.2, 0.25) is 0 Å². The number of rotatable bonds is 4. The number of benzene rings is 1. The summed E-state index contributed by atoms with van der Waals surface area (Å²) in [4.78, 5) is 13.4. The smallest absolute Gasteiger partial charge is 0.305 e. The van der Waals surface area contributed by atoms with Crippen LogP contribution in [0.3, 0.4) is 0 Å². The first kappa shape index (κ1) is 15.7. The number of aromatic amines is 1. The molecule has 0 aliphatic heterocycles. The Balaban J connectivity index is 0.00000176. The van der Waals surface area contributed by atoms with E-state index < -0.39 is 17.6 Å². The molecule has 0 aliphatic rings. The Labute approximate surface area is 125 Å². The molecule has 116 valence electrons. The summed E-state index contributed by atoms with van der Waals surface area (Å²) in [6, 6.07) is 2.23. The Bertz CT molecular complexity index is 823. The van der Waals surface area contributed by atoms with Crippen LogP contribution in [0.5, 0.6) is 0 Å². The average Bonchev–Trinajstić information content (AvgIpc) is 3.03. The monoisotopic (exact) mass is 307 g/mol. The maximum absolute atomic E-state index is 13.4. The summed E-state index contributed by atoms with van der Waals surface area (Å²) < 4.78 is 28.0. The van der Waals surface area contributed by atoms with Gasteiger partial charge in [0.25, 0.3) is 0 Å². The third-order valence-electron chi connectivity index (χ3n) is 3.22. The Morgan fingerprint density at radius 2 is 2.05 bits per heavy atom. The van der Waals surface area contributed by atoms with Crippen LogP contribution in [0.1, 0.15) is 13.8 Å². The summed E-state index contributed by atoms with van der Waals surface area (Å²) in [5.41, 5.74) is 1.88. The number of H-pyrrole nitrogens is 1. The summed E-state index contributed by atoms with van der Waals surface area (Å²) in [6.45, 7) is 0.251. The van der Waals surface area contributed by atoms with E-state index in [1.54, 1.807) is 18.6 Å². The van der Waals surface area contributed by atoms with Gasteiger partial charge in [0.1, 0.15) is 0 Å². The highest BCUT2D eigenvalue weighted by atomic mass is 19.2. The predicted molar refractivity (Wildman–Crippen MR) is 78.4 cm³/mol. The molecule has 5 nitrogen and oxygen atoms in total. The van der Waals surface area contributed by atoms with Crippen LogP contribution in [0, 0.1) is 11.6 Å². The average molecular weight is 307 g/mol. The van der Waals surface area contributed by atoms with Gasteiger partial charge in [-0.15, -0.1) is 0 Å². The van der Waals surface area contributed by atoms with Crippen molar-refractivity contribution in [1.29, 1.82) is 0 Å². The second-order valence-corrected chi connectivity index (χ2v) is 4.65. The minimum absolute atomic E-state index is 0. The molecule has 0 bridgehead atoms. The fraction of sp³-hybridized carbons (Fsp3) is 0.200. The van der Waals surface area contributed by atoms with Gasteiger partial charge in [0.2, 0.25) is 0 Å². The number of halogens is 2. The molecule has 2 aromatic heterocycles. The normalized spacial score (nSPS) is 10.6. The van der Waals surface area contributed by atoms with Crippen LogP contribution >= 0.6 is 0 Å². The number of carboxylic acids is 1. The molecule has 0 saturated heterocycles. The second kappa shape index (κ2) is 5.97. The van der Waals surface area contributed by atoms with Crippen molar-refractivity contribution in [2.45, 2.75) is 20.4 Å². The molecule has 0 radical (unpaired) electrons. The lowest BCUT2D eigenvalue weighted by atomic mass is 10.1. The predicted octanol–water partition coefficient (Wildman–Crippen LogP) is 3.42. The van der Waals surface area contributed by atoms with Gasteiger partial charge in [-0.3, -0.25) is 9.48 Å². The van der Waals surface area contributed by atoms with Crippen molar-refractivity contribution in [2.24, 2.45) is 0 Å². The molecule has 2 heterocycles. The van der Waals surface area contributed by atoms with E-state index in [0.717, 1.165) is 12.1 Å². The fourth-order valence-corrected chi connectivity index (χ4v) is 2.19. The summed E-state index contributed by atoms with van der Waals surface area (Å²) >= 11 is 0. The molecule has 2 N–H and O–H groups in total. The Hall–Kier alpha value is -2.70. The maximum atomic E-state index is 13.4. The van der Waals surface area contributed by atoms with E-state index in [-0.39, 0.29) is 20.4 Å². The minimum atomic E-state index is -0.915. The van der Waals surface area contributed by atoms with Crippen molar-refractivity contribution < 1.29 is 18.7 Å². The molecule has 22 heavy (non-hydrogen) atoms. The van der Waals surface area contributed by atoms with Gasteiger partial charge in [0, 0.05) is 40.5 Å². The van der Waals surface area contributed by atoms with Gasteiger partial charge in [0.15, 0.2) is 11.6 Å². The first-order chi connectivity index (χ1) is 10.0. The number of aromatic nitrogens is 3. The van der Waals surface area contributed by atoms with Crippen LogP contribution in [0.15, 0.2) is 30.7 Å². The molecule has 0 aliphatic carbocycles. The molecule has 3 rings (SSSR count). The number of nitrogens with zero attached hydrogens (tertiary/aromatic N) is 2. The zero-order chi connectivity index (χ0) is 15.0. The van der Waals surface area contributed by atoms with Crippen LogP contribution in [0.4, 0.5) is 8.78 Å². The van der Waals surface area contributed by atoms with E-state index >= 15 is 0 Å². The van der Waals surface area contributed by atoms with E-state index in [2.05, 4.69) is 10.1 Å². The van der Waals surface area contributed by atoms with Gasteiger partial charge in [-0.25, -0.2) is 8.78 Å². The second-order valence-electron chi connectivity index (χ2n) is 4.65. The third-order valence-corrected chi connectivity index (χ3v) is 3.22. The molecular weight excluding hydrogens is 292 g/mol. The Morgan fingerprint density at radius 3 is 2.77 bits per heavy atom. The fourth-order valence-electron chi connectivity index (χ4n) is 2.19. The van der Waals surface area contributed by atoms with Crippen LogP contribution in [0.25, 0.3) is 22.0 Å². The number of aryl methyl sites for hydroxylation is 1. The van der Waals surface area contributed by atoms with Crippen molar-refractivity contribution in [3.05, 3.63) is 42.4 Å². The number of hydrogen-bond donors (Lipinski definition) is 2. The van der Waals surface area contributed by atoms with Crippen molar-refractivity contribution in [3.63, 3.8) is 0 Å². The quantitative estimate of drug-likeness (QED) is 0.776. The highest BCUT2D eigenvalue weighted by molar-refractivity contribution is 5.95. The van der Waals surface area contributed by atoms with Gasteiger partial charge in [-0.1, -0.05) is 7.43 Å². The van der Waals surface area contributed by atoms with E-state index in [1.807, 2.05) is 0 Å². The van der Waals surface area contributed by atoms with Crippen LogP contribution < -0.4 is 0 Å². The minimum Gasteiger partial charge on any atom is -0.481 e. The molecule has 0 amide bonds. The van der Waals surface area contributed by atoms with Crippen molar-refractivity contribution in [1.82, 2.24) is 14.8 Å². The number of carbonyl (C=O) groups is 1. The third kappa shape index (κ3) is 2.83. The number of fused-ring (bicyclic) bond motifs is 1. The van der Waals surface area contributed by atoms with Crippen molar-refractivity contribution >= 4 is 16.9 Å². The maximum Gasteiger partial charge on any atom is 0.305 e.